The first kappa shape index (κ1) is 14.7. The predicted octanol–water partition coefficient (Wildman–Crippen LogP) is 3.95. The van der Waals surface area contributed by atoms with Gasteiger partial charge in [0.2, 0.25) is 0 Å². The standard InChI is InChI=1S/C20H20N4/c1-15-4-2-7-19(10-15)24-14-16(12-23-24)11-21-13-18-6-3-5-17-8-9-22-20(17)18/h2-10,12,14,21-22H,11,13H2,1H3. The van der Waals surface area contributed by atoms with Gasteiger partial charge in [-0.25, -0.2) is 4.68 Å². The van der Waals surface area contributed by atoms with E-state index in [1.165, 1.54) is 27.6 Å². The number of benzene rings is 2. The molecule has 0 aliphatic heterocycles. The molecular formula is C20H20N4. The molecular weight excluding hydrogens is 296 g/mol. The van der Waals surface area contributed by atoms with Crippen LogP contribution in [0.4, 0.5) is 0 Å². The van der Waals surface area contributed by atoms with Crippen LogP contribution in [0.2, 0.25) is 0 Å². The first-order valence-corrected chi connectivity index (χ1v) is 8.16. The predicted molar refractivity (Wildman–Crippen MR) is 97.1 cm³/mol. The number of rotatable bonds is 5. The molecule has 0 aliphatic rings. The van der Waals surface area contributed by atoms with E-state index in [-0.39, 0.29) is 0 Å². The summed E-state index contributed by atoms with van der Waals surface area (Å²) in [5.74, 6) is 0. The maximum atomic E-state index is 4.47. The van der Waals surface area contributed by atoms with Gasteiger partial charge in [0.25, 0.3) is 0 Å². The van der Waals surface area contributed by atoms with Crippen LogP contribution >= 0.6 is 0 Å². The molecule has 0 radical (unpaired) electrons. The Hall–Kier alpha value is -2.85. The zero-order chi connectivity index (χ0) is 16.4. The minimum atomic E-state index is 0.795. The van der Waals surface area contributed by atoms with Crippen molar-refractivity contribution in [3.8, 4) is 5.69 Å². The van der Waals surface area contributed by atoms with E-state index in [9.17, 15) is 0 Å². The third-order valence-electron chi connectivity index (χ3n) is 4.22. The van der Waals surface area contributed by atoms with Crippen LogP contribution in [0.25, 0.3) is 16.6 Å². The number of aromatic amines is 1. The van der Waals surface area contributed by atoms with E-state index in [1.54, 1.807) is 0 Å². The number of nitrogens with one attached hydrogen (secondary N) is 2. The highest BCUT2D eigenvalue weighted by Crippen LogP contribution is 2.17. The highest BCUT2D eigenvalue weighted by Gasteiger charge is 2.04. The average molecular weight is 316 g/mol. The number of para-hydroxylation sites is 1. The monoisotopic (exact) mass is 316 g/mol. The molecule has 4 aromatic rings. The lowest BCUT2D eigenvalue weighted by molar-refractivity contribution is 0.695. The smallest absolute Gasteiger partial charge is 0.0648 e. The molecule has 0 bridgehead atoms. The lowest BCUT2D eigenvalue weighted by atomic mass is 10.1. The summed E-state index contributed by atoms with van der Waals surface area (Å²) in [5.41, 5.74) is 6.00. The molecule has 2 aromatic heterocycles. The first-order valence-electron chi connectivity index (χ1n) is 8.16. The van der Waals surface area contributed by atoms with Crippen LogP contribution in [0, 0.1) is 6.92 Å². The molecule has 24 heavy (non-hydrogen) atoms. The summed E-state index contributed by atoms with van der Waals surface area (Å²) >= 11 is 0. The van der Waals surface area contributed by atoms with E-state index < -0.39 is 0 Å². The number of aromatic nitrogens is 3. The van der Waals surface area contributed by atoms with E-state index in [1.807, 2.05) is 17.1 Å². The molecule has 2 N–H and O–H groups in total. The fraction of sp³-hybridized carbons (Fsp3) is 0.150. The molecule has 0 saturated carbocycles. The minimum absolute atomic E-state index is 0.795. The Morgan fingerprint density at radius 1 is 1.08 bits per heavy atom. The molecule has 0 aliphatic carbocycles. The van der Waals surface area contributed by atoms with Gasteiger partial charge in [0, 0.05) is 36.6 Å². The van der Waals surface area contributed by atoms with E-state index >= 15 is 0 Å². The van der Waals surface area contributed by atoms with Crippen molar-refractivity contribution in [2.24, 2.45) is 0 Å². The SMILES string of the molecule is Cc1cccc(-n2cc(CNCc3cccc4cc[nH]c34)cn2)c1. The molecule has 0 saturated heterocycles. The molecule has 0 unspecified atom stereocenters. The quantitative estimate of drug-likeness (QED) is 0.585. The van der Waals surface area contributed by atoms with Crippen LogP contribution in [-0.4, -0.2) is 14.8 Å². The normalized spacial score (nSPS) is 11.2. The van der Waals surface area contributed by atoms with Gasteiger partial charge in [0.05, 0.1) is 11.9 Å². The van der Waals surface area contributed by atoms with Crippen LogP contribution in [0.1, 0.15) is 16.7 Å². The number of nitrogens with zero attached hydrogens (tertiary/aromatic N) is 2. The highest BCUT2D eigenvalue weighted by atomic mass is 15.3. The van der Waals surface area contributed by atoms with E-state index in [2.05, 4.69) is 77.1 Å². The van der Waals surface area contributed by atoms with E-state index in [0.29, 0.717) is 0 Å². The summed E-state index contributed by atoms with van der Waals surface area (Å²) in [6.45, 7) is 3.72. The Labute approximate surface area is 141 Å². The van der Waals surface area contributed by atoms with Gasteiger partial charge in [-0.15, -0.1) is 0 Å². The van der Waals surface area contributed by atoms with Crippen molar-refractivity contribution in [3.63, 3.8) is 0 Å². The zero-order valence-electron chi connectivity index (χ0n) is 13.7. The van der Waals surface area contributed by atoms with Crippen LogP contribution in [0.5, 0.6) is 0 Å². The van der Waals surface area contributed by atoms with Crippen molar-refractivity contribution in [2.75, 3.05) is 0 Å². The Kier molecular flexibility index (Phi) is 3.89. The lowest BCUT2D eigenvalue weighted by Gasteiger charge is -2.05. The molecule has 4 nitrogen and oxygen atoms in total. The summed E-state index contributed by atoms with van der Waals surface area (Å²) in [4.78, 5) is 3.31. The zero-order valence-corrected chi connectivity index (χ0v) is 13.7. The number of fused-ring (bicyclic) bond motifs is 1. The summed E-state index contributed by atoms with van der Waals surface area (Å²) in [6.07, 6.45) is 5.99. The summed E-state index contributed by atoms with van der Waals surface area (Å²) < 4.78 is 1.93. The van der Waals surface area contributed by atoms with Gasteiger partial charge in [-0.05, 0) is 41.6 Å². The minimum Gasteiger partial charge on any atom is -0.361 e. The summed E-state index contributed by atoms with van der Waals surface area (Å²) in [5, 5.41) is 9.22. The van der Waals surface area contributed by atoms with Gasteiger partial charge >= 0.3 is 0 Å². The fourth-order valence-corrected chi connectivity index (χ4v) is 3.00. The fourth-order valence-electron chi connectivity index (χ4n) is 3.00. The summed E-state index contributed by atoms with van der Waals surface area (Å²) in [7, 11) is 0. The van der Waals surface area contributed by atoms with Crippen molar-refractivity contribution >= 4 is 10.9 Å². The average Bonchev–Trinajstić information content (AvgIpc) is 3.24. The Balaban J connectivity index is 1.43. The van der Waals surface area contributed by atoms with Crippen LogP contribution in [-0.2, 0) is 13.1 Å². The highest BCUT2D eigenvalue weighted by molar-refractivity contribution is 5.82. The third kappa shape index (κ3) is 2.96. The number of hydrogen-bond acceptors (Lipinski definition) is 2. The van der Waals surface area contributed by atoms with Gasteiger partial charge in [-0.1, -0.05) is 30.3 Å². The third-order valence-corrected chi connectivity index (χ3v) is 4.22. The van der Waals surface area contributed by atoms with Crippen LogP contribution < -0.4 is 5.32 Å². The Morgan fingerprint density at radius 3 is 2.92 bits per heavy atom. The maximum absolute atomic E-state index is 4.47. The molecule has 0 spiro atoms. The van der Waals surface area contributed by atoms with E-state index in [4.69, 9.17) is 0 Å². The first-order chi connectivity index (χ1) is 11.8. The molecule has 4 rings (SSSR count). The van der Waals surface area contributed by atoms with Crippen LogP contribution in [0.3, 0.4) is 0 Å². The number of H-pyrrole nitrogens is 1. The van der Waals surface area contributed by atoms with Gasteiger partial charge in [-0.2, -0.15) is 5.10 Å². The molecule has 2 aromatic carbocycles. The number of hydrogen-bond donors (Lipinski definition) is 2. The second-order valence-corrected chi connectivity index (χ2v) is 6.09. The number of aryl methyl sites for hydroxylation is 1. The summed E-state index contributed by atoms with van der Waals surface area (Å²) in [6, 6.07) is 16.8. The maximum Gasteiger partial charge on any atom is 0.0648 e. The van der Waals surface area contributed by atoms with Crippen molar-refractivity contribution in [1.29, 1.82) is 0 Å². The molecule has 0 fully saturated rings. The second-order valence-electron chi connectivity index (χ2n) is 6.09. The molecule has 0 atom stereocenters. The van der Waals surface area contributed by atoms with Crippen LogP contribution in [0.15, 0.2) is 67.1 Å². The van der Waals surface area contributed by atoms with Gasteiger partial charge in [0.15, 0.2) is 0 Å². The Morgan fingerprint density at radius 2 is 2.00 bits per heavy atom. The molecule has 120 valence electrons. The topological polar surface area (TPSA) is 45.6 Å². The molecule has 4 heteroatoms. The largest absolute Gasteiger partial charge is 0.361 e. The van der Waals surface area contributed by atoms with Gasteiger partial charge < -0.3 is 10.3 Å². The van der Waals surface area contributed by atoms with Crippen molar-refractivity contribution in [3.05, 3.63) is 83.8 Å². The van der Waals surface area contributed by atoms with Gasteiger partial charge in [0.1, 0.15) is 0 Å². The lowest BCUT2D eigenvalue weighted by Crippen LogP contribution is -2.12. The van der Waals surface area contributed by atoms with Gasteiger partial charge in [-0.3, -0.25) is 0 Å². The molecule has 2 heterocycles. The van der Waals surface area contributed by atoms with Crippen molar-refractivity contribution in [2.45, 2.75) is 20.0 Å². The second kappa shape index (κ2) is 6.34. The van der Waals surface area contributed by atoms with Crippen molar-refractivity contribution in [1.82, 2.24) is 20.1 Å². The van der Waals surface area contributed by atoms with Crippen molar-refractivity contribution < 1.29 is 0 Å². The Bertz CT molecular complexity index is 964. The molecule has 0 amide bonds. The van der Waals surface area contributed by atoms with E-state index in [0.717, 1.165) is 18.8 Å².